The van der Waals surface area contributed by atoms with E-state index in [-0.39, 0.29) is 6.10 Å². The van der Waals surface area contributed by atoms with Crippen LogP contribution in [0, 0.1) is 11.8 Å². The molecule has 9 heavy (non-hydrogen) atoms. The van der Waals surface area contributed by atoms with Crippen LogP contribution in [0.25, 0.3) is 0 Å². The molecule has 2 rings (SSSR count). The number of hydrogen-bond acceptors (Lipinski definition) is 1. The molecule has 0 aromatic rings. The van der Waals surface area contributed by atoms with E-state index < -0.39 is 0 Å². The normalized spacial score (nSPS) is 49.7. The fraction of sp³-hybridized carbons (Fsp3) is 1.00. The predicted molar refractivity (Wildman–Crippen MR) is 36.1 cm³/mol. The van der Waals surface area contributed by atoms with E-state index >= 15 is 0 Å². The van der Waals surface area contributed by atoms with Crippen molar-refractivity contribution < 1.29 is 5.11 Å². The molecule has 2 saturated carbocycles. The molecule has 0 saturated heterocycles. The Kier molecular flexibility index (Phi) is 1.26. The number of rotatable bonds is 0. The molecular formula is C8H14O. The summed E-state index contributed by atoms with van der Waals surface area (Å²) in [6, 6.07) is 0. The van der Waals surface area contributed by atoms with E-state index in [0.717, 1.165) is 12.3 Å². The number of aliphatic hydroxyl groups is 1. The Labute approximate surface area is 56.1 Å². The van der Waals surface area contributed by atoms with Gasteiger partial charge in [0.25, 0.3) is 0 Å². The third kappa shape index (κ3) is 0.877. The lowest BCUT2D eigenvalue weighted by molar-refractivity contribution is 0.0770. The zero-order chi connectivity index (χ0) is 6.27. The summed E-state index contributed by atoms with van der Waals surface area (Å²) >= 11 is 0. The van der Waals surface area contributed by atoms with Gasteiger partial charge in [0.15, 0.2) is 0 Å². The molecular weight excluding hydrogens is 112 g/mol. The molecule has 0 aliphatic heterocycles. The summed E-state index contributed by atoms with van der Waals surface area (Å²) in [6.45, 7) is 0. The van der Waals surface area contributed by atoms with Crippen molar-refractivity contribution in [3.63, 3.8) is 0 Å². The van der Waals surface area contributed by atoms with Gasteiger partial charge in [0, 0.05) is 0 Å². The molecule has 0 aromatic carbocycles. The van der Waals surface area contributed by atoms with Crippen molar-refractivity contribution in [2.45, 2.75) is 38.2 Å². The second kappa shape index (κ2) is 1.98. The van der Waals surface area contributed by atoms with Gasteiger partial charge in [-0.25, -0.2) is 0 Å². The minimum Gasteiger partial charge on any atom is -0.393 e. The Morgan fingerprint density at radius 3 is 2.56 bits per heavy atom. The first-order valence-electron chi connectivity index (χ1n) is 4.04. The summed E-state index contributed by atoms with van der Waals surface area (Å²) in [7, 11) is 0. The summed E-state index contributed by atoms with van der Waals surface area (Å²) in [5, 5.41) is 9.40. The molecule has 0 amide bonds. The molecule has 3 atom stereocenters. The molecule has 2 fully saturated rings. The van der Waals surface area contributed by atoms with Crippen molar-refractivity contribution in [1.82, 2.24) is 0 Å². The van der Waals surface area contributed by atoms with Crippen molar-refractivity contribution in [2.24, 2.45) is 11.8 Å². The standard InChI is InChI=1S/C8H14O/c9-8-4-2-6-1-3-7(8)5-6/h6-9H,1-5H2/t6-,7+,8-/m1/s1. The average molecular weight is 126 g/mol. The van der Waals surface area contributed by atoms with Crippen LogP contribution in [-0.2, 0) is 0 Å². The van der Waals surface area contributed by atoms with Gasteiger partial charge in [0.2, 0.25) is 0 Å². The summed E-state index contributed by atoms with van der Waals surface area (Å²) < 4.78 is 0. The van der Waals surface area contributed by atoms with Gasteiger partial charge in [-0.2, -0.15) is 0 Å². The third-order valence-electron chi connectivity index (χ3n) is 3.00. The van der Waals surface area contributed by atoms with Gasteiger partial charge < -0.3 is 5.11 Å². The number of hydrogen-bond donors (Lipinski definition) is 1. The maximum atomic E-state index is 9.40. The molecule has 0 spiro atoms. The quantitative estimate of drug-likeness (QED) is 0.522. The van der Waals surface area contributed by atoms with E-state index in [1.807, 2.05) is 0 Å². The van der Waals surface area contributed by atoms with Gasteiger partial charge in [-0.1, -0.05) is 6.42 Å². The minimum atomic E-state index is 0.0590. The molecule has 0 aromatic heterocycles. The van der Waals surface area contributed by atoms with Crippen molar-refractivity contribution in [2.75, 3.05) is 0 Å². The van der Waals surface area contributed by atoms with E-state index in [0.29, 0.717) is 5.92 Å². The van der Waals surface area contributed by atoms with Gasteiger partial charge >= 0.3 is 0 Å². The Bertz CT molecular complexity index is 111. The zero-order valence-electron chi connectivity index (χ0n) is 5.71. The summed E-state index contributed by atoms with van der Waals surface area (Å²) in [5.74, 6) is 1.67. The highest BCUT2D eigenvalue weighted by molar-refractivity contribution is 4.85. The average Bonchev–Trinajstić information content (AvgIpc) is 2.25. The summed E-state index contributed by atoms with van der Waals surface area (Å²) in [6.07, 6.45) is 6.44. The highest BCUT2D eigenvalue weighted by Gasteiger charge is 2.34. The van der Waals surface area contributed by atoms with E-state index in [4.69, 9.17) is 0 Å². The Morgan fingerprint density at radius 2 is 1.78 bits per heavy atom. The van der Waals surface area contributed by atoms with Crippen LogP contribution in [0.3, 0.4) is 0 Å². The van der Waals surface area contributed by atoms with Crippen molar-refractivity contribution in [1.29, 1.82) is 0 Å². The van der Waals surface area contributed by atoms with Crippen LogP contribution in [0.15, 0.2) is 0 Å². The third-order valence-corrected chi connectivity index (χ3v) is 3.00. The first-order valence-corrected chi connectivity index (χ1v) is 4.04. The molecule has 2 aliphatic rings. The van der Waals surface area contributed by atoms with Crippen LogP contribution < -0.4 is 0 Å². The van der Waals surface area contributed by atoms with Crippen LogP contribution in [0.1, 0.15) is 32.1 Å². The van der Waals surface area contributed by atoms with Crippen LogP contribution >= 0.6 is 0 Å². The second-order valence-electron chi connectivity index (χ2n) is 3.58. The molecule has 1 nitrogen and oxygen atoms in total. The lowest BCUT2D eigenvalue weighted by Gasteiger charge is -2.23. The van der Waals surface area contributed by atoms with E-state index in [1.165, 1.54) is 25.7 Å². The summed E-state index contributed by atoms with van der Waals surface area (Å²) in [5.41, 5.74) is 0. The number of aliphatic hydroxyl groups excluding tert-OH is 1. The van der Waals surface area contributed by atoms with Crippen LogP contribution in [-0.4, -0.2) is 11.2 Å². The van der Waals surface area contributed by atoms with Gasteiger partial charge in [-0.15, -0.1) is 0 Å². The Hall–Kier alpha value is -0.0400. The molecule has 0 heterocycles. The first kappa shape index (κ1) is 5.72. The van der Waals surface area contributed by atoms with Gasteiger partial charge in [-0.05, 0) is 37.5 Å². The SMILES string of the molecule is O[C@@H]1CC[C@H]2CC[C@H]1C2. The van der Waals surface area contributed by atoms with Crippen LogP contribution in [0.2, 0.25) is 0 Å². The smallest absolute Gasteiger partial charge is 0.0568 e. The maximum absolute atomic E-state index is 9.40. The topological polar surface area (TPSA) is 20.2 Å². The lowest BCUT2D eigenvalue weighted by Crippen LogP contribution is -2.22. The fourth-order valence-electron chi connectivity index (χ4n) is 2.37. The molecule has 0 unspecified atom stereocenters. The van der Waals surface area contributed by atoms with Crippen LogP contribution in [0.4, 0.5) is 0 Å². The Balaban J connectivity index is 2.05. The molecule has 2 bridgehead atoms. The Morgan fingerprint density at radius 1 is 1.00 bits per heavy atom. The summed E-state index contributed by atoms with van der Waals surface area (Å²) in [4.78, 5) is 0. The molecule has 2 aliphatic carbocycles. The number of fused-ring (bicyclic) bond motifs is 2. The maximum Gasteiger partial charge on any atom is 0.0568 e. The van der Waals surface area contributed by atoms with E-state index in [2.05, 4.69) is 0 Å². The van der Waals surface area contributed by atoms with Gasteiger partial charge in [0.1, 0.15) is 0 Å². The first-order chi connectivity index (χ1) is 4.36. The van der Waals surface area contributed by atoms with Crippen molar-refractivity contribution >= 4 is 0 Å². The lowest BCUT2D eigenvalue weighted by atomic mass is 9.87. The van der Waals surface area contributed by atoms with Crippen molar-refractivity contribution in [3.05, 3.63) is 0 Å². The highest BCUT2D eigenvalue weighted by atomic mass is 16.3. The van der Waals surface area contributed by atoms with E-state index in [1.54, 1.807) is 0 Å². The monoisotopic (exact) mass is 126 g/mol. The van der Waals surface area contributed by atoms with Crippen LogP contribution in [0.5, 0.6) is 0 Å². The zero-order valence-corrected chi connectivity index (χ0v) is 5.71. The molecule has 0 radical (unpaired) electrons. The van der Waals surface area contributed by atoms with Gasteiger partial charge in [-0.3, -0.25) is 0 Å². The predicted octanol–water partition coefficient (Wildman–Crippen LogP) is 1.56. The highest BCUT2D eigenvalue weighted by Crippen LogP contribution is 2.41. The largest absolute Gasteiger partial charge is 0.393 e. The fourth-order valence-corrected chi connectivity index (χ4v) is 2.37. The van der Waals surface area contributed by atoms with E-state index in [9.17, 15) is 5.11 Å². The molecule has 52 valence electrons. The second-order valence-corrected chi connectivity index (χ2v) is 3.58. The molecule has 1 heteroatoms. The minimum absolute atomic E-state index is 0.0590. The van der Waals surface area contributed by atoms with Crippen molar-refractivity contribution in [3.8, 4) is 0 Å². The molecule has 1 N–H and O–H groups in total. The van der Waals surface area contributed by atoms with Gasteiger partial charge in [0.05, 0.1) is 6.10 Å².